The lowest BCUT2D eigenvalue weighted by Crippen LogP contribution is -2.39. The summed E-state index contributed by atoms with van der Waals surface area (Å²) in [7, 11) is 1.61. The second-order valence-electron chi connectivity index (χ2n) is 6.42. The SMILES string of the molecule is CCNC(=NCCc1cccc(C(=O)NC)c1)NCCNc1ccccc1[N+](=O)[O-]. The van der Waals surface area contributed by atoms with Crippen molar-refractivity contribution in [3.63, 3.8) is 0 Å². The summed E-state index contributed by atoms with van der Waals surface area (Å²) in [5.41, 5.74) is 2.21. The van der Waals surface area contributed by atoms with E-state index < -0.39 is 4.92 Å². The number of aliphatic imine (C=N–C) groups is 1. The number of nitrogens with one attached hydrogen (secondary N) is 4. The maximum Gasteiger partial charge on any atom is 0.292 e. The Kier molecular flexibility index (Phi) is 9.11. The molecule has 2 aromatic carbocycles. The topological polar surface area (TPSA) is 121 Å². The monoisotopic (exact) mass is 412 g/mol. The molecule has 0 unspecified atom stereocenters. The van der Waals surface area contributed by atoms with Crippen LogP contribution >= 0.6 is 0 Å². The predicted octanol–water partition coefficient (Wildman–Crippen LogP) is 2.16. The van der Waals surface area contributed by atoms with Crippen LogP contribution in [0.25, 0.3) is 0 Å². The van der Waals surface area contributed by atoms with Gasteiger partial charge in [0.25, 0.3) is 11.6 Å². The van der Waals surface area contributed by atoms with E-state index in [1.807, 2.05) is 25.1 Å². The first-order valence-electron chi connectivity index (χ1n) is 9.85. The summed E-state index contributed by atoms with van der Waals surface area (Å²) in [6.45, 7) is 4.31. The summed E-state index contributed by atoms with van der Waals surface area (Å²) < 4.78 is 0. The lowest BCUT2D eigenvalue weighted by Gasteiger charge is -2.12. The molecular weight excluding hydrogens is 384 g/mol. The van der Waals surface area contributed by atoms with Crippen molar-refractivity contribution in [3.05, 3.63) is 69.8 Å². The van der Waals surface area contributed by atoms with E-state index in [1.54, 1.807) is 31.3 Å². The van der Waals surface area contributed by atoms with E-state index in [0.717, 1.165) is 12.1 Å². The van der Waals surface area contributed by atoms with E-state index in [2.05, 4.69) is 26.3 Å². The third kappa shape index (κ3) is 7.08. The largest absolute Gasteiger partial charge is 0.378 e. The minimum atomic E-state index is -0.402. The molecule has 0 saturated heterocycles. The van der Waals surface area contributed by atoms with Crippen LogP contribution in [0, 0.1) is 10.1 Å². The summed E-state index contributed by atoms with van der Waals surface area (Å²) in [6, 6.07) is 14.0. The number of hydrogen-bond acceptors (Lipinski definition) is 5. The average molecular weight is 412 g/mol. The van der Waals surface area contributed by atoms with Gasteiger partial charge in [-0.3, -0.25) is 19.9 Å². The van der Waals surface area contributed by atoms with E-state index in [0.29, 0.717) is 43.3 Å². The van der Waals surface area contributed by atoms with Crippen LogP contribution in [0.3, 0.4) is 0 Å². The van der Waals surface area contributed by atoms with Crippen LogP contribution in [0.5, 0.6) is 0 Å². The van der Waals surface area contributed by atoms with Crippen LogP contribution in [0.2, 0.25) is 0 Å². The van der Waals surface area contributed by atoms with Crippen molar-refractivity contribution in [3.8, 4) is 0 Å². The highest BCUT2D eigenvalue weighted by Crippen LogP contribution is 2.22. The number of rotatable bonds is 10. The number of nitro groups is 1. The lowest BCUT2D eigenvalue weighted by atomic mass is 10.1. The van der Waals surface area contributed by atoms with E-state index in [4.69, 9.17) is 0 Å². The minimum Gasteiger partial charge on any atom is -0.378 e. The number of hydrogen-bond donors (Lipinski definition) is 4. The van der Waals surface area contributed by atoms with Crippen LogP contribution in [-0.4, -0.2) is 50.0 Å². The maximum absolute atomic E-state index is 11.7. The highest BCUT2D eigenvalue weighted by Gasteiger charge is 2.11. The van der Waals surface area contributed by atoms with Gasteiger partial charge in [-0.1, -0.05) is 24.3 Å². The van der Waals surface area contributed by atoms with Gasteiger partial charge in [-0.2, -0.15) is 0 Å². The number of carbonyl (C=O) groups is 1. The molecule has 160 valence electrons. The molecule has 0 saturated carbocycles. The van der Waals surface area contributed by atoms with Crippen molar-refractivity contribution in [2.75, 3.05) is 38.5 Å². The molecule has 0 aliphatic carbocycles. The Morgan fingerprint density at radius 2 is 1.90 bits per heavy atom. The molecule has 9 nitrogen and oxygen atoms in total. The lowest BCUT2D eigenvalue weighted by molar-refractivity contribution is -0.384. The number of guanidine groups is 1. The molecule has 0 aromatic heterocycles. The smallest absolute Gasteiger partial charge is 0.292 e. The fourth-order valence-corrected chi connectivity index (χ4v) is 2.81. The second-order valence-corrected chi connectivity index (χ2v) is 6.42. The van der Waals surface area contributed by atoms with Gasteiger partial charge in [0, 0.05) is 44.9 Å². The number of para-hydroxylation sites is 2. The normalized spacial score (nSPS) is 10.9. The van der Waals surface area contributed by atoms with Crippen molar-refractivity contribution in [1.29, 1.82) is 0 Å². The van der Waals surface area contributed by atoms with Crippen LogP contribution in [-0.2, 0) is 6.42 Å². The summed E-state index contributed by atoms with van der Waals surface area (Å²) >= 11 is 0. The third-order valence-corrected chi connectivity index (χ3v) is 4.26. The predicted molar refractivity (Wildman–Crippen MR) is 119 cm³/mol. The number of carbonyl (C=O) groups excluding carboxylic acids is 1. The second kappa shape index (κ2) is 12.1. The van der Waals surface area contributed by atoms with Gasteiger partial charge in [0.15, 0.2) is 5.96 Å². The van der Waals surface area contributed by atoms with E-state index in [-0.39, 0.29) is 11.6 Å². The molecule has 0 radical (unpaired) electrons. The first kappa shape index (κ1) is 22.7. The zero-order chi connectivity index (χ0) is 21.8. The van der Waals surface area contributed by atoms with Crippen molar-refractivity contribution < 1.29 is 9.72 Å². The molecule has 9 heteroatoms. The average Bonchev–Trinajstić information content (AvgIpc) is 2.76. The molecule has 0 heterocycles. The Labute approximate surface area is 176 Å². The van der Waals surface area contributed by atoms with Gasteiger partial charge < -0.3 is 21.3 Å². The number of nitro benzene ring substituents is 1. The van der Waals surface area contributed by atoms with Gasteiger partial charge >= 0.3 is 0 Å². The molecule has 0 fully saturated rings. The Bertz CT molecular complexity index is 885. The van der Waals surface area contributed by atoms with Crippen LogP contribution < -0.4 is 21.3 Å². The van der Waals surface area contributed by atoms with Crippen LogP contribution in [0.15, 0.2) is 53.5 Å². The van der Waals surface area contributed by atoms with Crippen LogP contribution in [0.4, 0.5) is 11.4 Å². The molecule has 1 amide bonds. The minimum absolute atomic E-state index is 0.0528. The molecule has 0 spiro atoms. The summed E-state index contributed by atoms with van der Waals surface area (Å²) in [6.07, 6.45) is 0.704. The summed E-state index contributed by atoms with van der Waals surface area (Å²) in [4.78, 5) is 26.9. The Morgan fingerprint density at radius 3 is 2.63 bits per heavy atom. The molecule has 2 aromatic rings. The molecule has 0 aliphatic heterocycles. The standard InChI is InChI=1S/C21H28N6O3/c1-3-23-21(25-12-11-16-7-6-8-17(15-16)20(28)22-2)26-14-13-24-18-9-4-5-10-19(18)27(29)30/h4-10,15,24H,3,11-14H2,1-2H3,(H,22,28)(H2,23,25,26). The number of benzene rings is 2. The van der Waals surface area contributed by atoms with Crippen LogP contribution in [0.1, 0.15) is 22.8 Å². The summed E-state index contributed by atoms with van der Waals surface area (Å²) in [5, 5.41) is 23.1. The van der Waals surface area contributed by atoms with Gasteiger partial charge in [-0.05, 0) is 37.1 Å². The van der Waals surface area contributed by atoms with E-state index in [9.17, 15) is 14.9 Å². The Balaban J connectivity index is 1.85. The fraction of sp³-hybridized carbons (Fsp3) is 0.333. The molecular formula is C21H28N6O3. The van der Waals surface area contributed by atoms with Gasteiger partial charge in [0.05, 0.1) is 4.92 Å². The molecule has 0 atom stereocenters. The maximum atomic E-state index is 11.7. The van der Waals surface area contributed by atoms with Crippen molar-refractivity contribution in [2.24, 2.45) is 4.99 Å². The first-order chi connectivity index (χ1) is 14.5. The van der Waals surface area contributed by atoms with Gasteiger partial charge in [0.1, 0.15) is 5.69 Å². The molecule has 0 bridgehead atoms. The van der Waals surface area contributed by atoms with Gasteiger partial charge in [-0.15, -0.1) is 0 Å². The highest BCUT2D eigenvalue weighted by molar-refractivity contribution is 5.94. The zero-order valence-electron chi connectivity index (χ0n) is 17.3. The Morgan fingerprint density at radius 1 is 1.10 bits per heavy atom. The van der Waals surface area contributed by atoms with Gasteiger partial charge in [0.2, 0.25) is 0 Å². The quantitative estimate of drug-likeness (QED) is 0.156. The first-order valence-corrected chi connectivity index (χ1v) is 9.85. The highest BCUT2D eigenvalue weighted by atomic mass is 16.6. The number of amides is 1. The zero-order valence-corrected chi connectivity index (χ0v) is 17.3. The number of anilines is 1. The Hall–Kier alpha value is -3.62. The summed E-state index contributed by atoms with van der Waals surface area (Å²) in [5.74, 6) is 0.561. The van der Waals surface area contributed by atoms with Crippen molar-refractivity contribution >= 4 is 23.2 Å². The fourth-order valence-electron chi connectivity index (χ4n) is 2.81. The molecule has 0 aliphatic rings. The molecule has 4 N–H and O–H groups in total. The number of nitrogens with zero attached hydrogens (tertiary/aromatic N) is 2. The van der Waals surface area contributed by atoms with E-state index >= 15 is 0 Å². The van der Waals surface area contributed by atoms with E-state index in [1.165, 1.54) is 6.07 Å². The molecule has 2 rings (SSSR count). The van der Waals surface area contributed by atoms with Gasteiger partial charge in [-0.25, -0.2) is 0 Å². The van der Waals surface area contributed by atoms with Crippen molar-refractivity contribution in [2.45, 2.75) is 13.3 Å². The van der Waals surface area contributed by atoms with Crippen molar-refractivity contribution in [1.82, 2.24) is 16.0 Å². The molecule has 30 heavy (non-hydrogen) atoms. The third-order valence-electron chi connectivity index (χ3n) is 4.26.